The summed E-state index contributed by atoms with van der Waals surface area (Å²) >= 11 is 0. The molecular formula is C15H23FIN3. The molecule has 3 N–H and O–H groups in total. The van der Waals surface area contributed by atoms with E-state index in [0.717, 1.165) is 5.57 Å². The number of hydrogen-bond donors (Lipinski definition) is 2. The third-order valence-corrected chi connectivity index (χ3v) is 2.82. The van der Waals surface area contributed by atoms with Crippen LogP contribution in [0.5, 0.6) is 0 Å². The van der Waals surface area contributed by atoms with Crippen LogP contribution < -0.4 is 11.1 Å². The molecule has 0 saturated heterocycles. The standard InChI is InChI=1S/C15H22FN3.HI/c1-11(2)9-18-14(17)19-10-15(3,4)12-7-5-6-8-13(12)16;/h5-8H,1,9-10H2,2-4H3,(H3,17,18,19);1H. The van der Waals surface area contributed by atoms with E-state index in [1.54, 1.807) is 12.1 Å². The van der Waals surface area contributed by atoms with E-state index >= 15 is 0 Å². The molecule has 3 nitrogen and oxygen atoms in total. The minimum Gasteiger partial charge on any atom is -0.370 e. The number of nitrogens with two attached hydrogens (primary N) is 1. The Labute approximate surface area is 137 Å². The Bertz CT molecular complexity index is 484. The Morgan fingerprint density at radius 1 is 1.40 bits per heavy atom. The minimum atomic E-state index is -0.402. The molecule has 0 unspecified atom stereocenters. The van der Waals surface area contributed by atoms with Crippen molar-refractivity contribution in [1.29, 1.82) is 0 Å². The minimum absolute atomic E-state index is 0. The molecule has 1 aromatic carbocycles. The molecule has 0 saturated carbocycles. The van der Waals surface area contributed by atoms with Crippen molar-refractivity contribution in [1.82, 2.24) is 5.32 Å². The average Bonchev–Trinajstić information content (AvgIpc) is 2.34. The number of nitrogens with zero attached hydrogens (tertiary/aromatic N) is 1. The summed E-state index contributed by atoms with van der Waals surface area (Å²) in [5.41, 5.74) is 6.97. The van der Waals surface area contributed by atoms with Crippen LogP contribution in [0.25, 0.3) is 0 Å². The van der Waals surface area contributed by atoms with Gasteiger partial charge >= 0.3 is 0 Å². The Kier molecular flexibility index (Phi) is 7.78. The highest BCUT2D eigenvalue weighted by atomic mass is 127. The van der Waals surface area contributed by atoms with E-state index in [0.29, 0.717) is 24.6 Å². The van der Waals surface area contributed by atoms with Gasteiger partial charge in [-0.15, -0.1) is 24.0 Å². The van der Waals surface area contributed by atoms with Gasteiger partial charge in [0.2, 0.25) is 0 Å². The van der Waals surface area contributed by atoms with Crippen LogP contribution in [0.3, 0.4) is 0 Å². The van der Waals surface area contributed by atoms with Gasteiger partial charge in [0, 0.05) is 12.0 Å². The molecule has 0 aromatic heterocycles. The molecule has 20 heavy (non-hydrogen) atoms. The molecule has 0 aliphatic heterocycles. The first-order chi connectivity index (χ1) is 8.83. The second-order valence-corrected chi connectivity index (χ2v) is 5.38. The summed E-state index contributed by atoms with van der Waals surface area (Å²) in [6.07, 6.45) is 0. The normalized spacial score (nSPS) is 11.7. The van der Waals surface area contributed by atoms with E-state index in [9.17, 15) is 4.39 Å². The van der Waals surface area contributed by atoms with Crippen molar-refractivity contribution in [2.24, 2.45) is 10.7 Å². The summed E-state index contributed by atoms with van der Waals surface area (Å²) in [5.74, 6) is 0.142. The van der Waals surface area contributed by atoms with Gasteiger partial charge < -0.3 is 11.1 Å². The van der Waals surface area contributed by atoms with Gasteiger partial charge in [-0.25, -0.2) is 4.39 Å². The van der Waals surface area contributed by atoms with Gasteiger partial charge in [0.05, 0.1) is 6.54 Å². The zero-order valence-corrected chi connectivity index (χ0v) is 14.6. The van der Waals surface area contributed by atoms with Gasteiger partial charge in [-0.1, -0.05) is 44.2 Å². The first-order valence-electron chi connectivity index (χ1n) is 6.26. The number of aliphatic imine (C=N–C) groups is 1. The van der Waals surface area contributed by atoms with Crippen LogP contribution in [0.15, 0.2) is 41.4 Å². The zero-order chi connectivity index (χ0) is 14.5. The van der Waals surface area contributed by atoms with Crippen LogP contribution in [0.4, 0.5) is 4.39 Å². The lowest BCUT2D eigenvalue weighted by molar-refractivity contribution is 0.493. The SMILES string of the molecule is C=C(C)CNC(N)=NCC(C)(C)c1ccccc1F.I. The van der Waals surface area contributed by atoms with Crippen molar-refractivity contribution in [3.05, 3.63) is 47.8 Å². The van der Waals surface area contributed by atoms with Gasteiger partial charge in [0.15, 0.2) is 5.96 Å². The van der Waals surface area contributed by atoms with E-state index in [1.807, 2.05) is 26.8 Å². The molecule has 0 bridgehead atoms. The highest BCUT2D eigenvalue weighted by Gasteiger charge is 2.23. The molecule has 0 aliphatic carbocycles. The summed E-state index contributed by atoms with van der Waals surface area (Å²) in [5, 5.41) is 2.96. The molecule has 0 radical (unpaired) electrons. The number of guanidine groups is 1. The predicted molar refractivity (Wildman–Crippen MR) is 94.1 cm³/mol. The topological polar surface area (TPSA) is 50.4 Å². The van der Waals surface area contributed by atoms with Crippen molar-refractivity contribution in [3.8, 4) is 0 Å². The Hall–Kier alpha value is -1.11. The summed E-state index contributed by atoms with van der Waals surface area (Å²) < 4.78 is 13.8. The van der Waals surface area contributed by atoms with Gasteiger partial charge in [0.1, 0.15) is 5.82 Å². The number of halogens is 2. The molecule has 0 aliphatic rings. The molecule has 5 heteroatoms. The van der Waals surface area contributed by atoms with E-state index in [1.165, 1.54) is 6.07 Å². The Morgan fingerprint density at radius 2 is 2.00 bits per heavy atom. The van der Waals surface area contributed by atoms with E-state index in [2.05, 4.69) is 16.9 Å². The summed E-state index contributed by atoms with van der Waals surface area (Å²) in [7, 11) is 0. The molecule has 112 valence electrons. The third-order valence-electron chi connectivity index (χ3n) is 2.82. The van der Waals surface area contributed by atoms with E-state index in [-0.39, 0.29) is 29.8 Å². The summed E-state index contributed by atoms with van der Waals surface area (Å²) in [6, 6.07) is 6.75. The number of nitrogens with one attached hydrogen (secondary N) is 1. The van der Waals surface area contributed by atoms with E-state index < -0.39 is 5.41 Å². The largest absolute Gasteiger partial charge is 0.370 e. The first-order valence-corrected chi connectivity index (χ1v) is 6.26. The maximum absolute atomic E-state index is 13.8. The van der Waals surface area contributed by atoms with Crippen LogP contribution >= 0.6 is 24.0 Å². The average molecular weight is 391 g/mol. The molecule has 1 aromatic rings. The quantitative estimate of drug-likeness (QED) is 0.351. The van der Waals surface area contributed by atoms with Crippen LogP contribution in [0.2, 0.25) is 0 Å². The van der Waals surface area contributed by atoms with Crippen LogP contribution in [0, 0.1) is 5.82 Å². The number of rotatable bonds is 5. The lowest BCUT2D eigenvalue weighted by atomic mass is 9.84. The van der Waals surface area contributed by atoms with Crippen molar-refractivity contribution < 1.29 is 4.39 Å². The first kappa shape index (κ1) is 18.9. The molecule has 0 atom stereocenters. The Morgan fingerprint density at radius 3 is 2.55 bits per heavy atom. The van der Waals surface area contributed by atoms with Gasteiger partial charge in [0.25, 0.3) is 0 Å². The van der Waals surface area contributed by atoms with Crippen molar-refractivity contribution in [3.63, 3.8) is 0 Å². The highest BCUT2D eigenvalue weighted by Crippen LogP contribution is 2.25. The fraction of sp³-hybridized carbons (Fsp3) is 0.400. The monoisotopic (exact) mass is 391 g/mol. The Balaban J connectivity index is 0.00000361. The maximum Gasteiger partial charge on any atom is 0.188 e. The zero-order valence-electron chi connectivity index (χ0n) is 12.2. The summed E-state index contributed by atoms with van der Waals surface area (Å²) in [4.78, 5) is 4.26. The lowest BCUT2D eigenvalue weighted by Crippen LogP contribution is -2.34. The summed E-state index contributed by atoms with van der Waals surface area (Å²) in [6.45, 7) is 10.6. The van der Waals surface area contributed by atoms with Gasteiger partial charge in [-0.3, -0.25) is 4.99 Å². The molecule has 0 amide bonds. The second kappa shape index (κ2) is 8.24. The van der Waals surface area contributed by atoms with Crippen molar-refractivity contribution in [2.45, 2.75) is 26.2 Å². The lowest BCUT2D eigenvalue weighted by Gasteiger charge is -2.23. The smallest absolute Gasteiger partial charge is 0.188 e. The van der Waals surface area contributed by atoms with Crippen LogP contribution in [0.1, 0.15) is 26.3 Å². The van der Waals surface area contributed by atoms with Crippen molar-refractivity contribution in [2.75, 3.05) is 13.1 Å². The van der Waals surface area contributed by atoms with Gasteiger partial charge in [-0.05, 0) is 18.6 Å². The third kappa shape index (κ3) is 5.90. The second-order valence-electron chi connectivity index (χ2n) is 5.38. The molecular weight excluding hydrogens is 368 g/mol. The number of hydrogen-bond acceptors (Lipinski definition) is 1. The maximum atomic E-state index is 13.8. The van der Waals surface area contributed by atoms with Gasteiger partial charge in [-0.2, -0.15) is 0 Å². The van der Waals surface area contributed by atoms with Crippen LogP contribution in [-0.4, -0.2) is 19.0 Å². The predicted octanol–water partition coefficient (Wildman–Crippen LogP) is 3.20. The fourth-order valence-corrected chi connectivity index (χ4v) is 1.68. The van der Waals surface area contributed by atoms with E-state index in [4.69, 9.17) is 5.73 Å². The fourth-order valence-electron chi connectivity index (χ4n) is 1.68. The van der Waals surface area contributed by atoms with Crippen molar-refractivity contribution >= 4 is 29.9 Å². The highest BCUT2D eigenvalue weighted by molar-refractivity contribution is 14.0. The van der Waals surface area contributed by atoms with Crippen LogP contribution in [-0.2, 0) is 5.41 Å². The molecule has 1 rings (SSSR count). The molecule has 0 fully saturated rings. The molecule has 0 heterocycles. The number of benzene rings is 1. The molecule has 0 spiro atoms.